The maximum absolute atomic E-state index is 12.6. The Kier molecular flexibility index (Phi) is 9.33. The molecule has 5 aromatic rings. The van der Waals surface area contributed by atoms with Gasteiger partial charge in [-0.25, -0.2) is 19.9 Å². The number of nitrogens with zero attached hydrogens (tertiary/aromatic N) is 5. The first kappa shape index (κ1) is 30.0. The van der Waals surface area contributed by atoms with Crippen molar-refractivity contribution in [2.75, 3.05) is 11.9 Å². The molecule has 256 valence electrons. The first-order valence-electron chi connectivity index (χ1n) is 17.9. The number of H-pyrrole nitrogens is 1. The van der Waals surface area contributed by atoms with E-state index in [1.165, 1.54) is 12.4 Å². The molecule has 1 aromatic carbocycles. The van der Waals surface area contributed by atoms with Gasteiger partial charge in [0.2, 0.25) is 0 Å². The lowest BCUT2D eigenvalue weighted by Gasteiger charge is -2.20. The quantitative estimate of drug-likeness (QED) is 0.0910. The molecule has 0 atom stereocenters. The van der Waals surface area contributed by atoms with Crippen LogP contribution in [0.2, 0.25) is 25.7 Å². The molecule has 0 bridgehead atoms. The summed E-state index contributed by atoms with van der Waals surface area (Å²) in [5.74, 6) is -0.339. The van der Waals surface area contributed by atoms with Gasteiger partial charge in [0.05, 0.1) is 30.4 Å². The molecule has 0 saturated heterocycles. The van der Waals surface area contributed by atoms with Crippen molar-refractivity contribution in [2.24, 2.45) is 0 Å². The maximum Gasteiger partial charge on any atom is 0.255 e. The Morgan fingerprint density at radius 1 is 0.938 bits per heavy atom. The van der Waals surface area contributed by atoms with E-state index in [1.54, 1.807) is 12.4 Å². The zero-order valence-corrected chi connectivity index (χ0v) is 31.4. The van der Waals surface area contributed by atoms with E-state index in [0.717, 1.165) is 6.04 Å². The molecule has 4 aromatic heterocycles. The minimum atomic E-state index is -1.13. The van der Waals surface area contributed by atoms with E-state index >= 15 is 0 Å². The second kappa shape index (κ2) is 15.0. The van der Waals surface area contributed by atoms with E-state index in [4.69, 9.17) is 11.6 Å². The van der Waals surface area contributed by atoms with Crippen molar-refractivity contribution in [3.63, 3.8) is 0 Å². The minimum absolute atomic E-state index is 0.115. The maximum atomic E-state index is 12.6. The highest BCUT2D eigenvalue weighted by atomic mass is 79.9. The fourth-order valence-corrected chi connectivity index (χ4v) is 5.25. The molecule has 5 rings (SSSR count). The van der Waals surface area contributed by atoms with E-state index in [1.807, 2.05) is 46.1 Å². The van der Waals surface area contributed by atoms with Gasteiger partial charge in [-0.1, -0.05) is 37.8 Å². The van der Waals surface area contributed by atoms with Crippen molar-refractivity contribution < 1.29 is 21.2 Å². The lowest BCUT2D eigenvalue weighted by atomic mass is 10.1. The Balaban J connectivity index is 0.000000238. The number of hydrogen-bond acceptors (Lipinski definition) is 8. The third kappa shape index (κ3) is 10.7. The number of carbonyl (C=O) groups is 2. The van der Waals surface area contributed by atoms with Gasteiger partial charge in [0, 0.05) is 43.8 Å². The zero-order chi connectivity index (χ0) is 39.6. The molecule has 0 fully saturated rings. The number of amides is 2. The monoisotopic (exact) mass is 740 g/mol. The molecule has 12 nitrogen and oxygen atoms in total. The first-order chi connectivity index (χ1) is 24.5. The number of para-hydroxylation sites is 1. The summed E-state index contributed by atoms with van der Waals surface area (Å²) in [5, 5.41) is 8.55. The SMILES string of the molecule is CC(C)(C)NC(=O)c1cn(COCC[Si](C)(C)C)c2ncc(Br)nc12.[2H]c1c([2H])c([2H])c(Nc2cnc3[nH]cc(C(=O)NC(C)(C)C)c3n2)c([2H])c1[2H]. The molecule has 0 aliphatic heterocycles. The molecule has 0 radical (unpaired) electrons. The summed E-state index contributed by atoms with van der Waals surface area (Å²) in [5.41, 5.74) is 1.85. The van der Waals surface area contributed by atoms with E-state index in [2.05, 4.69) is 76.4 Å². The number of rotatable bonds is 9. The van der Waals surface area contributed by atoms with Crippen LogP contribution in [0.15, 0.2) is 59.6 Å². The number of carbonyl (C=O) groups excluding carboxylic acids is 2. The standard InChI is InChI=1S/C17H27BrN4O2Si.C17H19N5O/c1-17(2,3)21-16(23)12-10-22(11-24-7-8-25(4,5)6)15-14(12)20-13(18)9-19-15;1-17(2,3)22-16(23)12-9-18-15-14(12)21-13(10-19-15)20-11-7-5-4-6-8-11/h9-10H,7-8,11H2,1-6H3,(H,21,23);4-10H,1-3H3,(H,18,19)(H,20,21)(H,22,23)/i;4D,5D,6D,7D,8D. The molecule has 0 unspecified atom stereocenters. The predicted molar refractivity (Wildman–Crippen MR) is 197 cm³/mol. The Bertz CT molecular complexity index is 2130. The molecule has 4 N–H and O–H groups in total. The first-order valence-corrected chi connectivity index (χ1v) is 19.9. The zero-order valence-electron chi connectivity index (χ0n) is 33.8. The fraction of sp³-hybridized carbons (Fsp3) is 0.412. The Labute approximate surface area is 298 Å². The number of benzene rings is 1. The van der Waals surface area contributed by atoms with Crippen LogP contribution in [0.25, 0.3) is 22.3 Å². The van der Waals surface area contributed by atoms with Crippen molar-refractivity contribution in [1.82, 2.24) is 40.1 Å². The van der Waals surface area contributed by atoms with Crippen LogP contribution in [0.1, 0.15) is 69.1 Å². The van der Waals surface area contributed by atoms with Crippen molar-refractivity contribution in [3.8, 4) is 0 Å². The number of ether oxygens (including phenoxy) is 1. The Hall–Kier alpha value is -4.14. The molecule has 14 heteroatoms. The summed E-state index contributed by atoms with van der Waals surface area (Å²) in [6.07, 6.45) is 6.25. The highest BCUT2D eigenvalue weighted by Crippen LogP contribution is 2.22. The number of nitrogens with one attached hydrogen (secondary N) is 4. The average molecular weight is 742 g/mol. The lowest BCUT2D eigenvalue weighted by Crippen LogP contribution is -2.40. The van der Waals surface area contributed by atoms with Crippen molar-refractivity contribution in [3.05, 3.63) is 70.7 Å². The Morgan fingerprint density at radius 2 is 1.58 bits per heavy atom. The van der Waals surface area contributed by atoms with Gasteiger partial charge in [-0.2, -0.15) is 0 Å². The third-order valence-corrected chi connectivity index (χ3v) is 8.45. The van der Waals surface area contributed by atoms with E-state index < -0.39 is 31.7 Å². The highest BCUT2D eigenvalue weighted by Gasteiger charge is 2.23. The van der Waals surface area contributed by atoms with Gasteiger partial charge in [-0.05, 0) is 75.6 Å². The number of anilines is 2. The summed E-state index contributed by atoms with van der Waals surface area (Å²) in [7, 11) is -1.13. The lowest BCUT2D eigenvalue weighted by molar-refractivity contribution is 0.0884. The smallest absolute Gasteiger partial charge is 0.255 e. The van der Waals surface area contributed by atoms with Gasteiger partial charge in [-0.15, -0.1) is 0 Å². The topological polar surface area (TPSA) is 152 Å². The van der Waals surface area contributed by atoms with E-state index in [0.29, 0.717) is 51.4 Å². The van der Waals surface area contributed by atoms with Crippen molar-refractivity contribution in [1.29, 1.82) is 0 Å². The second-order valence-corrected chi connectivity index (χ2v) is 20.8. The number of halogens is 1. The van der Waals surface area contributed by atoms with Gasteiger partial charge < -0.3 is 30.2 Å². The largest absolute Gasteiger partial charge is 0.361 e. The van der Waals surface area contributed by atoms with Gasteiger partial charge in [0.15, 0.2) is 11.3 Å². The molecule has 2 amide bonds. The Morgan fingerprint density at radius 3 is 2.21 bits per heavy atom. The molecule has 0 aliphatic carbocycles. The fourth-order valence-electron chi connectivity index (χ4n) is 4.22. The highest BCUT2D eigenvalue weighted by molar-refractivity contribution is 9.10. The molecule has 48 heavy (non-hydrogen) atoms. The molecule has 0 spiro atoms. The average Bonchev–Trinajstić information content (AvgIpc) is 3.62. The van der Waals surface area contributed by atoms with Crippen LogP contribution in [0.4, 0.5) is 11.5 Å². The van der Waals surface area contributed by atoms with E-state index in [9.17, 15) is 9.59 Å². The van der Waals surface area contributed by atoms with Crippen molar-refractivity contribution in [2.45, 2.75) is 85.0 Å². The molecule has 4 heterocycles. The number of fused-ring (bicyclic) bond motifs is 2. The van der Waals surface area contributed by atoms with Gasteiger partial charge >= 0.3 is 0 Å². The van der Waals surface area contributed by atoms with Crippen LogP contribution in [-0.2, 0) is 11.5 Å². The summed E-state index contributed by atoms with van der Waals surface area (Å²) in [6, 6.07) is -1.05. The van der Waals surface area contributed by atoms with Crippen LogP contribution in [0.3, 0.4) is 0 Å². The normalized spacial score (nSPS) is 13.5. The summed E-state index contributed by atoms with van der Waals surface area (Å²) >= 11 is 3.33. The van der Waals surface area contributed by atoms with Crippen LogP contribution < -0.4 is 16.0 Å². The van der Waals surface area contributed by atoms with Gasteiger partial charge in [0.25, 0.3) is 11.8 Å². The van der Waals surface area contributed by atoms with Crippen LogP contribution >= 0.6 is 15.9 Å². The molecule has 0 saturated carbocycles. The molecule has 0 aliphatic rings. The molecular formula is C34H46BrN9O3Si. The third-order valence-electron chi connectivity index (χ3n) is 6.36. The van der Waals surface area contributed by atoms with Gasteiger partial charge in [0.1, 0.15) is 28.2 Å². The summed E-state index contributed by atoms with van der Waals surface area (Å²) < 4.78 is 47.3. The van der Waals surface area contributed by atoms with Crippen LogP contribution in [0, 0.1) is 0 Å². The van der Waals surface area contributed by atoms with Crippen LogP contribution in [-0.4, -0.2) is 67.1 Å². The number of aromatic nitrogens is 6. The van der Waals surface area contributed by atoms with Crippen molar-refractivity contribution >= 4 is 69.7 Å². The van der Waals surface area contributed by atoms with Crippen LogP contribution in [0.5, 0.6) is 0 Å². The number of hydrogen-bond donors (Lipinski definition) is 4. The van der Waals surface area contributed by atoms with Gasteiger partial charge in [-0.3, -0.25) is 9.59 Å². The minimum Gasteiger partial charge on any atom is -0.361 e. The predicted octanol–water partition coefficient (Wildman–Crippen LogP) is 7.26. The summed E-state index contributed by atoms with van der Waals surface area (Å²) in [4.78, 5) is 45.4. The van der Waals surface area contributed by atoms with E-state index in [-0.39, 0.29) is 40.9 Å². The second-order valence-electron chi connectivity index (χ2n) is 14.4. The summed E-state index contributed by atoms with van der Waals surface area (Å²) in [6.45, 7) is 19.5. The molecular weight excluding hydrogens is 690 g/mol. The number of aromatic amines is 1.